The predicted molar refractivity (Wildman–Crippen MR) is 157 cm³/mol. The molecule has 2 aromatic heterocycles. The molecular weight excluding hydrogens is 534 g/mol. The van der Waals surface area contributed by atoms with Crippen molar-refractivity contribution in [2.75, 3.05) is 24.8 Å². The van der Waals surface area contributed by atoms with Gasteiger partial charge >= 0.3 is 5.97 Å². The molecule has 4 aromatic rings. The summed E-state index contributed by atoms with van der Waals surface area (Å²) in [6.45, 7) is 4.18. The van der Waals surface area contributed by atoms with Gasteiger partial charge < -0.3 is 28.8 Å². The van der Waals surface area contributed by atoms with E-state index in [4.69, 9.17) is 19.2 Å². The lowest BCUT2D eigenvalue weighted by atomic mass is 9.86. The van der Waals surface area contributed by atoms with E-state index in [1.807, 2.05) is 12.1 Å². The van der Waals surface area contributed by atoms with Crippen molar-refractivity contribution >= 4 is 34.7 Å². The standard InChI is InChI=1S/C33H29N3O6/c1-2-33(39)25-14-27-30-23(16-36(27)31(37)24(25)17-40-32(33)38)21(22-13-28-29(42-18-41-28)15-26(22)34-30)10-7-19-5-8-20(9-6-19)35-11-3-4-12-35/h5-10,13-15,39H,2-4,11-12,16-18H2,1H3/t33-/m0/s1. The van der Waals surface area contributed by atoms with Crippen LogP contribution in [-0.4, -0.2) is 40.5 Å². The fourth-order valence-corrected chi connectivity index (χ4v) is 6.64. The minimum atomic E-state index is -1.88. The molecule has 6 heterocycles. The number of ether oxygens (including phenoxy) is 3. The highest BCUT2D eigenvalue weighted by Crippen LogP contribution is 2.43. The second kappa shape index (κ2) is 9.19. The number of aliphatic hydroxyl groups is 1. The first kappa shape index (κ1) is 25.1. The molecule has 2 aromatic carbocycles. The number of fused-ring (bicyclic) bond motifs is 6. The summed E-state index contributed by atoms with van der Waals surface area (Å²) in [6, 6.07) is 14.1. The number of carbonyl (C=O) groups excluding carboxylic acids is 1. The summed E-state index contributed by atoms with van der Waals surface area (Å²) < 4.78 is 18.2. The lowest BCUT2D eigenvalue weighted by molar-refractivity contribution is -0.172. The zero-order valence-electron chi connectivity index (χ0n) is 23.2. The highest BCUT2D eigenvalue weighted by atomic mass is 16.7. The molecule has 9 nitrogen and oxygen atoms in total. The van der Waals surface area contributed by atoms with E-state index >= 15 is 0 Å². The molecule has 0 amide bonds. The number of hydrogen-bond donors (Lipinski definition) is 1. The van der Waals surface area contributed by atoms with Crippen LogP contribution in [0.25, 0.3) is 34.4 Å². The number of pyridine rings is 2. The molecular formula is C33H29N3O6. The van der Waals surface area contributed by atoms with Gasteiger partial charge in [0, 0.05) is 41.4 Å². The number of esters is 1. The van der Waals surface area contributed by atoms with Gasteiger partial charge in [-0.2, -0.15) is 0 Å². The molecule has 0 bridgehead atoms. The Morgan fingerprint density at radius 2 is 1.74 bits per heavy atom. The van der Waals surface area contributed by atoms with Gasteiger partial charge in [-0.3, -0.25) is 4.79 Å². The fourth-order valence-electron chi connectivity index (χ4n) is 6.64. The SMILES string of the molecule is CC[C@@]1(O)C(=O)OCc2c1cc1n(c2=O)Cc2c-1nc1cc3c(cc1c2C=Cc1ccc(N2CCCC2)cc1)OCO3. The number of anilines is 1. The van der Waals surface area contributed by atoms with Crippen molar-refractivity contribution in [2.45, 2.75) is 44.9 Å². The van der Waals surface area contributed by atoms with E-state index in [9.17, 15) is 14.7 Å². The first-order valence-electron chi connectivity index (χ1n) is 14.4. The van der Waals surface area contributed by atoms with Gasteiger partial charge in [0.1, 0.15) is 6.61 Å². The van der Waals surface area contributed by atoms with Gasteiger partial charge in [0.05, 0.1) is 29.0 Å². The Kier molecular flexibility index (Phi) is 5.49. The van der Waals surface area contributed by atoms with Crippen LogP contribution in [0.2, 0.25) is 0 Å². The Morgan fingerprint density at radius 3 is 2.50 bits per heavy atom. The minimum absolute atomic E-state index is 0.0910. The number of rotatable bonds is 4. The largest absolute Gasteiger partial charge is 0.458 e. The van der Waals surface area contributed by atoms with Crippen LogP contribution in [0.5, 0.6) is 11.5 Å². The monoisotopic (exact) mass is 563 g/mol. The summed E-state index contributed by atoms with van der Waals surface area (Å²) in [5, 5.41) is 12.1. The third-order valence-corrected chi connectivity index (χ3v) is 9.03. The summed E-state index contributed by atoms with van der Waals surface area (Å²) in [6.07, 6.45) is 6.70. The van der Waals surface area contributed by atoms with Crippen molar-refractivity contribution in [1.82, 2.24) is 9.55 Å². The van der Waals surface area contributed by atoms with Gasteiger partial charge in [-0.1, -0.05) is 31.2 Å². The number of aromatic nitrogens is 2. The topological polar surface area (TPSA) is 103 Å². The number of nitrogens with zero attached hydrogens (tertiary/aromatic N) is 3. The molecule has 0 aliphatic carbocycles. The maximum absolute atomic E-state index is 13.7. The molecule has 0 radical (unpaired) electrons. The smallest absolute Gasteiger partial charge is 0.343 e. The van der Waals surface area contributed by atoms with Crippen molar-refractivity contribution in [3.63, 3.8) is 0 Å². The van der Waals surface area contributed by atoms with Gasteiger partial charge in [-0.05, 0) is 54.7 Å². The molecule has 1 N–H and O–H groups in total. The molecule has 4 aliphatic heterocycles. The third kappa shape index (κ3) is 3.62. The van der Waals surface area contributed by atoms with Crippen molar-refractivity contribution in [1.29, 1.82) is 0 Å². The van der Waals surface area contributed by atoms with Gasteiger partial charge in [-0.25, -0.2) is 9.78 Å². The third-order valence-electron chi connectivity index (χ3n) is 9.03. The van der Waals surface area contributed by atoms with Crippen LogP contribution >= 0.6 is 0 Å². The van der Waals surface area contributed by atoms with Crippen molar-refractivity contribution in [3.8, 4) is 22.9 Å². The van der Waals surface area contributed by atoms with Crippen LogP contribution in [0.15, 0.2) is 47.3 Å². The Labute approximate surface area is 241 Å². The molecule has 42 heavy (non-hydrogen) atoms. The highest BCUT2D eigenvalue weighted by molar-refractivity contribution is 5.97. The van der Waals surface area contributed by atoms with Crippen LogP contribution in [0.3, 0.4) is 0 Å². The van der Waals surface area contributed by atoms with E-state index in [2.05, 4.69) is 41.3 Å². The molecule has 1 atom stereocenters. The first-order chi connectivity index (χ1) is 20.4. The van der Waals surface area contributed by atoms with E-state index in [1.165, 1.54) is 18.5 Å². The average Bonchev–Trinajstić information content (AvgIpc) is 3.78. The van der Waals surface area contributed by atoms with E-state index in [0.717, 1.165) is 35.2 Å². The average molecular weight is 564 g/mol. The lowest BCUT2D eigenvalue weighted by Gasteiger charge is -2.31. The number of hydrogen-bond acceptors (Lipinski definition) is 8. The summed E-state index contributed by atoms with van der Waals surface area (Å²) in [7, 11) is 0. The zero-order chi connectivity index (χ0) is 28.6. The lowest BCUT2D eigenvalue weighted by Crippen LogP contribution is -2.44. The maximum Gasteiger partial charge on any atom is 0.343 e. The molecule has 9 heteroatoms. The number of cyclic esters (lactones) is 1. The maximum atomic E-state index is 13.7. The summed E-state index contributed by atoms with van der Waals surface area (Å²) >= 11 is 0. The molecule has 0 unspecified atom stereocenters. The molecule has 0 saturated carbocycles. The number of benzene rings is 2. The van der Waals surface area contributed by atoms with Crippen molar-refractivity contribution in [3.05, 3.63) is 80.6 Å². The Bertz CT molecular complexity index is 1890. The van der Waals surface area contributed by atoms with Gasteiger partial charge in [0.15, 0.2) is 17.1 Å². The Morgan fingerprint density at radius 1 is 0.976 bits per heavy atom. The highest BCUT2D eigenvalue weighted by Gasteiger charge is 2.45. The Balaban J connectivity index is 1.29. The summed E-state index contributed by atoms with van der Waals surface area (Å²) in [5.74, 6) is 0.533. The second-order valence-corrected chi connectivity index (χ2v) is 11.3. The van der Waals surface area contributed by atoms with E-state index in [1.54, 1.807) is 17.6 Å². The first-order valence-corrected chi connectivity index (χ1v) is 14.4. The molecule has 1 saturated heterocycles. The normalized spacial score (nSPS) is 20.2. The van der Waals surface area contributed by atoms with Gasteiger partial charge in [0.25, 0.3) is 5.56 Å². The number of carbonyl (C=O) groups is 1. The summed E-state index contributed by atoms with van der Waals surface area (Å²) in [4.78, 5) is 33.7. The van der Waals surface area contributed by atoms with Gasteiger partial charge in [0.2, 0.25) is 6.79 Å². The van der Waals surface area contributed by atoms with Crippen LogP contribution in [0.1, 0.15) is 54.0 Å². The van der Waals surface area contributed by atoms with Crippen LogP contribution in [0.4, 0.5) is 5.69 Å². The van der Waals surface area contributed by atoms with Gasteiger partial charge in [-0.15, -0.1) is 0 Å². The quantitative estimate of drug-likeness (QED) is 0.317. The van der Waals surface area contributed by atoms with Crippen LogP contribution in [-0.2, 0) is 28.3 Å². The van der Waals surface area contributed by atoms with E-state index in [-0.39, 0.29) is 25.4 Å². The molecule has 1 fully saturated rings. The summed E-state index contributed by atoms with van der Waals surface area (Å²) in [5.41, 5.74) is 4.46. The molecule has 4 aliphatic rings. The molecule has 212 valence electrons. The van der Waals surface area contributed by atoms with Crippen LogP contribution in [0, 0.1) is 0 Å². The minimum Gasteiger partial charge on any atom is -0.458 e. The second-order valence-electron chi connectivity index (χ2n) is 11.3. The van der Waals surface area contributed by atoms with E-state index in [0.29, 0.717) is 46.1 Å². The van der Waals surface area contributed by atoms with Crippen LogP contribution < -0.4 is 19.9 Å². The van der Waals surface area contributed by atoms with Crippen molar-refractivity contribution in [2.24, 2.45) is 0 Å². The predicted octanol–water partition coefficient (Wildman–Crippen LogP) is 4.58. The molecule has 8 rings (SSSR count). The zero-order valence-corrected chi connectivity index (χ0v) is 23.2. The molecule has 0 spiro atoms. The van der Waals surface area contributed by atoms with E-state index < -0.39 is 11.6 Å². The Hall–Kier alpha value is -4.63. The van der Waals surface area contributed by atoms with Crippen molar-refractivity contribution < 1.29 is 24.1 Å². The fraction of sp³-hybridized carbons (Fsp3) is 0.303.